The van der Waals surface area contributed by atoms with Crippen molar-refractivity contribution in [1.29, 1.82) is 0 Å². The minimum atomic E-state index is 0.241. The Kier molecular flexibility index (Phi) is 2.96. The predicted octanol–water partition coefficient (Wildman–Crippen LogP) is 3.51. The largest absolute Gasteiger partial charge is 0.384 e. The summed E-state index contributed by atoms with van der Waals surface area (Å²) in [6.07, 6.45) is 3.47. The second kappa shape index (κ2) is 4.04. The lowest BCUT2D eigenvalue weighted by atomic mass is 9.90. The first kappa shape index (κ1) is 12.5. The molecular formula is C14H25N3. The molecule has 2 rings (SSSR count). The molecule has 1 saturated carbocycles. The first-order chi connectivity index (χ1) is 7.79. The van der Waals surface area contributed by atoms with Gasteiger partial charge < -0.3 is 10.3 Å². The van der Waals surface area contributed by atoms with Crippen molar-refractivity contribution in [2.75, 3.05) is 5.73 Å². The highest BCUT2D eigenvalue weighted by Gasteiger charge is 2.31. The molecule has 1 aromatic rings. The Morgan fingerprint density at radius 2 is 1.94 bits per heavy atom. The molecule has 0 atom stereocenters. The lowest BCUT2D eigenvalue weighted by molar-refractivity contribution is 0.407. The van der Waals surface area contributed by atoms with Crippen LogP contribution in [0.4, 0.5) is 5.82 Å². The molecule has 0 amide bonds. The number of anilines is 1. The summed E-state index contributed by atoms with van der Waals surface area (Å²) in [6, 6.07) is 0.619. The third-order valence-corrected chi connectivity index (χ3v) is 3.18. The minimum absolute atomic E-state index is 0.241. The van der Waals surface area contributed by atoms with Crippen LogP contribution in [0.15, 0.2) is 0 Å². The summed E-state index contributed by atoms with van der Waals surface area (Å²) in [6.45, 7) is 11.1. The molecule has 0 spiro atoms. The lowest BCUT2D eigenvalue weighted by Crippen LogP contribution is -2.11. The van der Waals surface area contributed by atoms with Crippen LogP contribution in [0.5, 0.6) is 0 Å². The molecule has 3 nitrogen and oxygen atoms in total. The number of nitrogen functional groups attached to an aromatic ring is 1. The molecule has 17 heavy (non-hydrogen) atoms. The Hall–Kier alpha value is -0.990. The van der Waals surface area contributed by atoms with E-state index in [0.29, 0.717) is 12.0 Å². The van der Waals surface area contributed by atoms with Gasteiger partial charge >= 0.3 is 0 Å². The molecule has 1 aromatic heterocycles. The van der Waals surface area contributed by atoms with E-state index >= 15 is 0 Å². The Balaban J connectivity index is 2.37. The predicted molar refractivity (Wildman–Crippen MR) is 72.2 cm³/mol. The first-order valence-corrected chi connectivity index (χ1v) is 6.66. The molecule has 1 aliphatic rings. The normalized spacial score (nSPS) is 16.8. The molecule has 0 aromatic carbocycles. The molecule has 0 aliphatic heterocycles. The Morgan fingerprint density at radius 3 is 2.35 bits per heavy atom. The maximum Gasteiger partial charge on any atom is 0.127 e. The van der Waals surface area contributed by atoms with Crippen LogP contribution < -0.4 is 5.73 Å². The molecule has 3 heteroatoms. The second-order valence-electron chi connectivity index (χ2n) is 6.80. The van der Waals surface area contributed by atoms with E-state index in [1.54, 1.807) is 0 Å². The van der Waals surface area contributed by atoms with Gasteiger partial charge in [-0.25, -0.2) is 4.98 Å². The summed E-state index contributed by atoms with van der Waals surface area (Å²) >= 11 is 0. The van der Waals surface area contributed by atoms with Crippen molar-refractivity contribution < 1.29 is 0 Å². The third-order valence-electron chi connectivity index (χ3n) is 3.18. The van der Waals surface area contributed by atoms with Crippen LogP contribution in [0, 0.1) is 5.41 Å². The number of imidazole rings is 1. The number of nitrogens with zero attached hydrogens (tertiary/aromatic N) is 2. The molecule has 0 unspecified atom stereocenters. The van der Waals surface area contributed by atoms with Gasteiger partial charge in [-0.05, 0) is 24.7 Å². The number of hydrogen-bond donors (Lipinski definition) is 1. The Morgan fingerprint density at radius 1 is 1.35 bits per heavy atom. The maximum atomic E-state index is 6.29. The highest BCUT2D eigenvalue weighted by atomic mass is 15.2. The average molecular weight is 235 g/mol. The van der Waals surface area contributed by atoms with Crippen molar-refractivity contribution in [1.82, 2.24) is 9.55 Å². The van der Waals surface area contributed by atoms with E-state index in [1.807, 2.05) is 0 Å². The van der Waals surface area contributed by atoms with E-state index in [4.69, 9.17) is 10.7 Å². The zero-order chi connectivity index (χ0) is 12.8. The van der Waals surface area contributed by atoms with E-state index in [-0.39, 0.29) is 5.41 Å². The van der Waals surface area contributed by atoms with Gasteiger partial charge in [0, 0.05) is 12.0 Å². The fraction of sp³-hybridized carbons (Fsp3) is 0.786. The van der Waals surface area contributed by atoms with Crippen molar-refractivity contribution in [3.8, 4) is 0 Å². The SMILES string of the molecule is CC(C)c1nc(CC(C)(C)C)c(N)n1C1CC1. The van der Waals surface area contributed by atoms with Crippen LogP contribution in [0.25, 0.3) is 0 Å². The van der Waals surface area contributed by atoms with Crippen molar-refractivity contribution in [2.45, 2.75) is 65.8 Å². The van der Waals surface area contributed by atoms with E-state index in [2.05, 4.69) is 39.2 Å². The Bertz CT molecular complexity index is 406. The number of nitrogens with two attached hydrogens (primary N) is 1. The van der Waals surface area contributed by atoms with Gasteiger partial charge in [0.25, 0.3) is 0 Å². The van der Waals surface area contributed by atoms with Crippen molar-refractivity contribution in [2.24, 2.45) is 5.41 Å². The first-order valence-electron chi connectivity index (χ1n) is 6.66. The monoisotopic (exact) mass is 235 g/mol. The second-order valence-corrected chi connectivity index (χ2v) is 6.80. The van der Waals surface area contributed by atoms with Gasteiger partial charge in [0.1, 0.15) is 11.6 Å². The molecule has 96 valence electrons. The van der Waals surface area contributed by atoms with Gasteiger partial charge in [-0.3, -0.25) is 0 Å². The van der Waals surface area contributed by atoms with E-state index in [9.17, 15) is 0 Å². The minimum Gasteiger partial charge on any atom is -0.384 e. The molecule has 0 saturated heterocycles. The van der Waals surface area contributed by atoms with Crippen LogP contribution in [0.3, 0.4) is 0 Å². The maximum absolute atomic E-state index is 6.29. The van der Waals surface area contributed by atoms with Crippen LogP contribution in [-0.4, -0.2) is 9.55 Å². The quantitative estimate of drug-likeness (QED) is 0.871. The highest BCUT2D eigenvalue weighted by Crippen LogP contribution is 2.41. The van der Waals surface area contributed by atoms with Gasteiger partial charge in [-0.1, -0.05) is 34.6 Å². The Labute approximate surface area is 104 Å². The molecular weight excluding hydrogens is 210 g/mol. The number of rotatable bonds is 3. The lowest BCUT2D eigenvalue weighted by Gasteiger charge is -2.16. The molecule has 0 radical (unpaired) electrons. The third kappa shape index (κ3) is 2.64. The van der Waals surface area contributed by atoms with Crippen molar-refractivity contribution in [3.63, 3.8) is 0 Å². The van der Waals surface area contributed by atoms with Gasteiger partial charge in [0.15, 0.2) is 0 Å². The van der Waals surface area contributed by atoms with Gasteiger partial charge in [0.2, 0.25) is 0 Å². The van der Waals surface area contributed by atoms with Gasteiger partial charge in [-0.15, -0.1) is 0 Å². The molecule has 0 bridgehead atoms. The highest BCUT2D eigenvalue weighted by molar-refractivity contribution is 5.41. The van der Waals surface area contributed by atoms with Crippen LogP contribution in [0.2, 0.25) is 0 Å². The van der Waals surface area contributed by atoms with Crippen LogP contribution in [0.1, 0.15) is 70.9 Å². The van der Waals surface area contributed by atoms with E-state index in [0.717, 1.165) is 17.9 Å². The van der Waals surface area contributed by atoms with Crippen molar-refractivity contribution in [3.05, 3.63) is 11.5 Å². The summed E-state index contributed by atoms with van der Waals surface area (Å²) in [5, 5.41) is 0. The van der Waals surface area contributed by atoms with E-state index < -0.39 is 0 Å². The van der Waals surface area contributed by atoms with Gasteiger partial charge in [-0.2, -0.15) is 0 Å². The van der Waals surface area contributed by atoms with E-state index in [1.165, 1.54) is 18.7 Å². The number of aromatic nitrogens is 2. The van der Waals surface area contributed by atoms with Crippen molar-refractivity contribution >= 4 is 5.82 Å². The summed E-state index contributed by atoms with van der Waals surface area (Å²) in [5.41, 5.74) is 7.62. The molecule has 1 heterocycles. The average Bonchev–Trinajstić information content (AvgIpc) is 2.92. The fourth-order valence-electron chi connectivity index (χ4n) is 2.27. The summed E-state index contributed by atoms with van der Waals surface area (Å²) < 4.78 is 2.28. The zero-order valence-electron chi connectivity index (χ0n) is 11.7. The summed E-state index contributed by atoms with van der Waals surface area (Å²) in [4.78, 5) is 4.79. The summed E-state index contributed by atoms with van der Waals surface area (Å²) in [7, 11) is 0. The molecule has 1 aliphatic carbocycles. The molecule has 2 N–H and O–H groups in total. The smallest absolute Gasteiger partial charge is 0.127 e. The standard InChI is InChI=1S/C14H25N3/c1-9(2)13-16-11(8-14(3,4)5)12(15)17(13)10-6-7-10/h9-10H,6-8,15H2,1-5H3. The topological polar surface area (TPSA) is 43.8 Å². The van der Waals surface area contributed by atoms with Crippen LogP contribution >= 0.6 is 0 Å². The summed E-state index contributed by atoms with van der Waals surface area (Å²) in [5.74, 6) is 2.53. The fourth-order valence-corrected chi connectivity index (χ4v) is 2.27. The number of hydrogen-bond acceptors (Lipinski definition) is 2. The molecule has 1 fully saturated rings. The van der Waals surface area contributed by atoms with Gasteiger partial charge in [0.05, 0.1) is 5.69 Å². The zero-order valence-corrected chi connectivity index (χ0v) is 11.7. The van der Waals surface area contributed by atoms with Crippen LogP contribution in [-0.2, 0) is 6.42 Å².